The largest absolute Gasteiger partial charge is 0.310 e. The van der Waals surface area contributed by atoms with Gasteiger partial charge in [-0.2, -0.15) is 0 Å². The van der Waals surface area contributed by atoms with E-state index in [1.165, 1.54) is 70.8 Å². The average Bonchev–Trinajstić information content (AvgIpc) is 2.89. The van der Waals surface area contributed by atoms with Gasteiger partial charge in [0.15, 0.2) is 0 Å². The Morgan fingerprint density at radius 2 is 1.64 bits per heavy atom. The van der Waals surface area contributed by atoms with Crippen LogP contribution in [0.2, 0.25) is 0 Å². The highest BCUT2D eigenvalue weighted by Gasteiger charge is 2.40. The molecule has 0 saturated heterocycles. The Kier molecular flexibility index (Phi) is 5.95. The van der Waals surface area contributed by atoms with Crippen molar-refractivity contribution in [3.8, 4) is 0 Å². The highest BCUT2D eigenvalue weighted by atomic mass is 14.9. The first-order valence-electron chi connectivity index (χ1n) is 9.74. The van der Waals surface area contributed by atoms with Crippen LogP contribution in [-0.4, -0.2) is 6.54 Å². The number of hydrogen-bond donors (Lipinski definition) is 1. The average molecular weight is 300 g/mol. The number of hydrogen-bond acceptors (Lipinski definition) is 1. The first-order valence-corrected chi connectivity index (χ1v) is 9.74. The van der Waals surface area contributed by atoms with Crippen molar-refractivity contribution in [3.63, 3.8) is 0 Å². The zero-order valence-electron chi connectivity index (χ0n) is 14.3. The number of nitrogens with one attached hydrogen (secondary N) is 1. The molecule has 1 N–H and O–H groups in total. The van der Waals surface area contributed by atoms with Crippen molar-refractivity contribution in [1.82, 2.24) is 5.32 Å². The van der Waals surface area contributed by atoms with Crippen molar-refractivity contribution in [2.24, 2.45) is 5.92 Å². The maximum absolute atomic E-state index is 3.93. The minimum Gasteiger partial charge on any atom is -0.310 e. The minimum absolute atomic E-state index is 0.636. The van der Waals surface area contributed by atoms with Gasteiger partial charge in [-0.25, -0.2) is 0 Å². The van der Waals surface area contributed by atoms with Crippen LogP contribution < -0.4 is 5.32 Å². The smallest absolute Gasteiger partial charge is 0.0357 e. The van der Waals surface area contributed by atoms with Crippen LogP contribution in [0.4, 0.5) is 0 Å². The number of fused-ring (bicyclic) bond motifs is 3. The highest BCUT2D eigenvalue weighted by molar-refractivity contribution is 5.40. The molecule has 1 nitrogen and oxygen atoms in total. The summed E-state index contributed by atoms with van der Waals surface area (Å²) >= 11 is 0. The Balaban J connectivity index is 1.52. The molecule has 1 heteroatoms. The summed E-state index contributed by atoms with van der Waals surface area (Å²) in [5.41, 5.74) is 3.28. The summed E-state index contributed by atoms with van der Waals surface area (Å²) in [5.74, 6) is 1.71. The molecule has 3 rings (SSSR count). The Bertz CT molecular complexity index is 453. The number of benzene rings is 1. The molecule has 2 aliphatic carbocycles. The molecule has 1 aromatic rings. The standard InChI is InChI=1S/C21H33N/c1-2-3-4-5-6-11-16-22-21-19-14-9-7-12-17(19)18-13-8-10-15-20(18)21/h7,9,12,14,18,20-22H,2-6,8,10-11,13,15-16H2,1H3. The Hall–Kier alpha value is -0.820. The van der Waals surface area contributed by atoms with E-state index in [1.54, 1.807) is 11.1 Å². The molecule has 0 heterocycles. The molecule has 1 fully saturated rings. The first kappa shape index (κ1) is 16.1. The summed E-state index contributed by atoms with van der Waals surface area (Å²) in [7, 11) is 0. The maximum Gasteiger partial charge on any atom is 0.0357 e. The molecule has 0 bridgehead atoms. The molecule has 2 aliphatic rings. The summed E-state index contributed by atoms with van der Waals surface area (Å²) in [6, 6.07) is 9.88. The van der Waals surface area contributed by atoms with Gasteiger partial charge in [0.1, 0.15) is 0 Å². The van der Waals surface area contributed by atoms with E-state index in [2.05, 4.69) is 36.5 Å². The summed E-state index contributed by atoms with van der Waals surface area (Å²) in [5, 5.41) is 3.93. The molecule has 0 aliphatic heterocycles. The quantitative estimate of drug-likeness (QED) is 0.583. The van der Waals surface area contributed by atoms with Crippen molar-refractivity contribution in [2.45, 2.75) is 83.1 Å². The lowest BCUT2D eigenvalue weighted by Gasteiger charge is -2.30. The first-order chi connectivity index (χ1) is 10.9. The van der Waals surface area contributed by atoms with E-state index in [4.69, 9.17) is 0 Å². The number of rotatable bonds is 8. The predicted molar refractivity (Wildman–Crippen MR) is 95.3 cm³/mol. The van der Waals surface area contributed by atoms with Gasteiger partial charge in [-0.3, -0.25) is 0 Å². The molecule has 0 aromatic heterocycles. The van der Waals surface area contributed by atoms with E-state index in [9.17, 15) is 0 Å². The van der Waals surface area contributed by atoms with Crippen LogP contribution in [0.25, 0.3) is 0 Å². The van der Waals surface area contributed by atoms with E-state index >= 15 is 0 Å². The maximum atomic E-state index is 3.93. The van der Waals surface area contributed by atoms with Crippen LogP contribution in [0.5, 0.6) is 0 Å². The van der Waals surface area contributed by atoms with Gasteiger partial charge in [-0.1, -0.05) is 76.1 Å². The van der Waals surface area contributed by atoms with E-state index in [1.807, 2.05) is 0 Å². The third kappa shape index (κ3) is 3.56. The van der Waals surface area contributed by atoms with Gasteiger partial charge in [-0.15, -0.1) is 0 Å². The predicted octanol–water partition coefficient (Wildman–Crippen LogP) is 5.97. The fraction of sp³-hybridized carbons (Fsp3) is 0.714. The zero-order chi connectivity index (χ0) is 15.2. The Labute approximate surface area is 136 Å². The molecule has 1 aromatic carbocycles. The van der Waals surface area contributed by atoms with Gasteiger partial charge in [0, 0.05) is 6.04 Å². The molecule has 3 atom stereocenters. The van der Waals surface area contributed by atoms with E-state index in [0.29, 0.717) is 6.04 Å². The van der Waals surface area contributed by atoms with Gasteiger partial charge in [0.05, 0.1) is 0 Å². The van der Waals surface area contributed by atoms with Gasteiger partial charge in [0.25, 0.3) is 0 Å². The molecule has 122 valence electrons. The van der Waals surface area contributed by atoms with Crippen molar-refractivity contribution in [1.29, 1.82) is 0 Å². The SMILES string of the molecule is CCCCCCCCNC1c2ccccc2C2CCCCC21. The van der Waals surface area contributed by atoms with Crippen molar-refractivity contribution < 1.29 is 0 Å². The van der Waals surface area contributed by atoms with Gasteiger partial charge < -0.3 is 5.32 Å². The summed E-state index contributed by atoms with van der Waals surface area (Å²) in [6.45, 7) is 3.49. The van der Waals surface area contributed by atoms with Crippen LogP contribution in [-0.2, 0) is 0 Å². The van der Waals surface area contributed by atoms with Crippen LogP contribution in [0.3, 0.4) is 0 Å². The van der Waals surface area contributed by atoms with Gasteiger partial charge in [0.2, 0.25) is 0 Å². The fourth-order valence-electron chi connectivity index (χ4n) is 4.73. The lowest BCUT2D eigenvalue weighted by Crippen LogP contribution is -2.28. The number of unbranched alkanes of at least 4 members (excludes halogenated alkanes) is 5. The third-order valence-corrected chi connectivity index (χ3v) is 5.87. The second kappa shape index (κ2) is 8.15. The lowest BCUT2D eigenvalue weighted by atomic mass is 9.78. The highest BCUT2D eigenvalue weighted by Crippen LogP contribution is 2.51. The van der Waals surface area contributed by atoms with Crippen LogP contribution in [0.1, 0.15) is 94.2 Å². The van der Waals surface area contributed by atoms with Crippen LogP contribution in [0.15, 0.2) is 24.3 Å². The molecule has 3 unspecified atom stereocenters. The summed E-state index contributed by atoms with van der Waals surface area (Å²) in [6.07, 6.45) is 14.0. The molecular weight excluding hydrogens is 266 g/mol. The van der Waals surface area contributed by atoms with E-state index in [0.717, 1.165) is 11.8 Å². The van der Waals surface area contributed by atoms with Crippen LogP contribution >= 0.6 is 0 Å². The van der Waals surface area contributed by atoms with Crippen molar-refractivity contribution in [2.75, 3.05) is 6.54 Å². The molecule has 1 saturated carbocycles. The van der Waals surface area contributed by atoms with Crippen molar-refractivity contribution >= 4 is 0 Å². The van der Waals surface area contributed by atoms with Crippen LogP contribution in [0, 0.1) is 5.92 Å². The lowest BCUT2D eigenvalue weighted by molar-refractivity contribution is 0.262. The molecule has 22 heavy (non-hydrogen) atoms. The third-order valence-electron chi connectivity index (χ3n) is 5.87. The molecule has 0 spiro atoms. The molecule has 0 radical (unpaired) electrons. The van der Waals surface area contributed by atoms with E-state index in [-0.39, 0.29) is 0 Å². The summed E-state index contributed by atoms with van der Waals surface area (Å²) in [4.78, 5) is 0. The monoisotopic (exact) mass is 299 g/mol. The second-order valence-corrected chi connectivity index (χ2v) is 7.38. The Morgan fingerprint density at radius 3 is 2.50 bits per heavy atom. The topological polar surface area (TPSA) is 12.0 Å². The van der Waals surface area contributed by atoms with Gasteiger partial charge >= 0.3 is 0 Å². The summed E-state index contributed by atoms with van der Waals surface area (Å²) < 4.78 is 0. The zero-order valence-corrected chi connectivity index (χ0v) is 14.3. The molecule has 0 amide bonds. The molecular formula is C21H33N. The minimum atomic E-state index is 0.636. The fourth-order valence-corrected chi connectivity index (χ4v) is 4.73. The normalized spacial score (nSPS) is 26.7. The Morgan fingerprint density at radius 1 is 0.909 bits per heavy atom. The second-order valence-electron chi connectivity index (χ2n) is 7.38. The van der Waals surface area contributed by atoms with E-state index < -0.39 is 0 Å². The van der Waals surface area contributed by atoms with Gasteiger partial charge in [-0.05, 0) is 48.8 Å². The van der Waals surface area contributed by atoms with Crippen molar-refractivity contribution in [3.05, 3.63) is 35.4 Å².